The maximum absolute atomic E-state index is 14.6. The Hall–Kier alpha value is -1.33. The molecule has 44 heavy (non-hydrogen) atoms. The van der Waals surface area contributed by atoms with Crippen LogP contribution in [0.3, 0.4) is 0 Å². The standard InChI is InChI=1S/C42H63OP/c1-31(2)14-12-15-32(3)38-23-24-39-37-22-21-34-30-33(25-27-41(34,4)40(37)26-28-42(38,39)5)16-13-29-44(43,35-17-8-6-9-18-35)36-19-10-7-11-20-36/h6-11,17-20,31-34,37-40H,12-16,21-30H2,1-5H3. The minimum absolute atomic E-state index is 0.561. The zero-order valence-electron chi connectivity index (χ0n) is 28.9. The lowest BCUT2D eigenvalue weighted by molar-refractivity contribution is -0.121. The van der Waals surface area contributed by atoms with E-state index in [0.29, 0.717) is 10.8 Å². The lowest BCUT2D eigenvalue weighted by Gasteiger charge is -2.61. The summed E-state index contributed by atoms with van der Waals surface area (Å²) in [6.07, 6.45) is 20.7. The molecule has 4 aliphatic carbocycles. The molecule has 1 nitrogen and oxygen atoms in total. The fourth-order valence-electron chi connectivity index (χ4n) is 12.0. The average molecular weight is 615 g/mol. The Labute approximate surface area is 271 Å². The summed E-state index contributed by atoms with van der Waals surface area (Å²) in [5.41, 5.74) is 1.16. The fourth-order valence-corrected chi connectivity index (χ4v) is 14.7. The van der Waals surface area contributed by atoms with Gasteiger partial charge in [0.2, 0.25) is 0 Å². The minimum atomic E-state index is -2.59. The molecule has 0 bridgehead atoms. The average Bonchev–Trinajstić information content (AvgIpc) is 3.39. The van der Waals surface area contributed by atoms with Crippen molar-refractivity contribution in [2.45, 2.75) is 125 Å². The summed E-state index contributed by atoms with van der Waals surface area (Å²) >= 11 is 0. The summed E-state index contributed by atoms with van der Waals surface area (Å²) in [5, 5.41) is 2.06. The molecule has 0 heterocycles. The molecular formula is C42H63OP. The van der Waals surface area contributed by atoms with Gasteiger partial charge in [-0.05, 0) is 129 Å². The van der Waals surface area contributed by atoms with Gasteiger partial charge >= 0.3 is 0 Å². The molecule has 0 saturated heterocycles. The molecule has 2 aromatic rings. The van der Waals surface area contributed by atoms with Crippen LogP contribution in [0.2, 0.25) is 0 Å². The highest BCUT2D eigenvalue weighted by Gasteiger charge is 2.60. The molecule has 4 aliphatic rings. The monoisotopic (exact) mass is 614 g/mol. The van der Waals surface area contributed by atoms with Crippen LogP contribution in [-0.2, 0) is 4.57 Å². The van der Waals surface area contributed by atoms with Gasteiger partial charge in [0.1, 0.15) is 7.14 Å². The van der Waals surface area contributed by atoms with Gasteiger partial charge in [-0.1, -0.05) is 115 Å². The predicted octanol–water partition coefficient (Wildman–Crippen LogP) is 11.5. The van der Waals surface area contributed by atoms with Crippen LogP contribution in [0.15, 0.2) is 60.7 Å². The van der Waals surface area contributed by atoms with Crippen LogP contribution in [0.4, 0.5) is 0 Å². The van der Waals surface area contributed by atoms with Crippen LogP contribution in [0.1, 0.15) is 125 Å². The Morgan fingerprint density at radius 2 is 1.36 bits per heavy atom. The lowest BCUT2D eigenvalue weighted by atomic mass is 9.44. The van der Waals surface area contributed by atoms with E-state index in [9.17, 15) is 4.57 Å². The molecule has 2 heteroatoms. The Morgan fingerprint density at radius 3 is 2.02 bits per heavy atom. The summed E-state index contributed by atoms with van der Waals surface area (Å²) in [5.74, 6) is 7.38. The van der Waals surface area contributed by atoms with E-state index in [1.54, 1.807) is 0 Å². The summed E-state index contributed by atoms with van der Waals surface area (Å²) in [4.78, 5) is 0. The topological polar surface area (TPSA) is 17.1 Å². The Morgan fingerprint density at radius 1 is 0.727 bits per heavy atom. The molecule has 0 radical (unpaired) electrons. The van der Waals surface area contributed by atoms with E-state index in [0.717, 1.165) is 70.5 Å². The lowest BCUT2D eigenvalue weighted by Crippen LogP contribution is -2.53. The van der Waals surface area contributed by atoms with Crippen molar-refractivity contribution in [3.05, 3.63) is 60.7 Å². The summed E-state index contributed by atoms with van der Waals surface area (Å²) in [7, 11) is -2.59. The highest BCUT2D eigenvalue weighted by molar-refractivity contribution is 7.78. The van der Waals surface area contributed by atoms with Crippen molar-refractivity contribution >= 4 is 17.8 Å². The molecule has 2 aromatic carbocycles. The second-order valence-electron chi connectivity index (χ2n) is 17.1. The van der Waals surface area contributed by atoms with Crippen LogP contribution in [0.5, 0.6) is 0 Å². The summed E-state index contributed by atoms with van der Waals surface area (Å²) < 4.78 is 14.6. The van der Waals surface area contributed by atoms with E-state index >= 15 is 0 Å². The van der Waals surface area contributed by atoms with Crippen molar-refractivity contribution < 1.29 is 4.57 Å². The third-order valence-corrected chi connectivity index (χ3v) is 17.6. The van der Waals surface area contributed by atoms with E-state index in [-0.39, 0.29) is 0 Å². The largest absolute Gasteiger partial charge is 0.314 e. The van der Waals surface area contributed by atoms with Crippen LogP contribution >= 0.6 is 7.14 Å². The third kappa shape index (κ3) is 6.19. The second kappa shape index (κ2) is 13.4. The van der Waals surface area contributed by atoms with Crippen molar-refractivity contribution in [1.29, 1.82) is 0 Å². The van der Waals surface area contributed by atoms with Crippen molar-refractivity contribution in [2.24, 2.45) is 58.2 Å². The number of fused-ring (bicyclic) bond motifs is 5. The first-order valence-corrected chi connectivity index (χ1v) is 20.7. The quantitative estimate of drug-likeness (QED) is 0.230. The van der Waals surface area contributed by atoms with Crippen LogP contribution < -0.4 is 10.6 Å². The van der Waals surface area contributed by atoms with Gasteiger partial charge in [-0.3, -0.25) is 0 Å². The Kier molecular flexibility index (Phi) is 9.94. The van der Waals surface area contributed by atoms with Gasteiger partial charge < -0.3 is 4.57 Å². The highest BCUT2D eigenvalue weighted by Crippen LogP contribution is 2.69. The molecular weight excluding hydrogens is 551 g/mol. The first-order valence-electron chi connectivity index (χ1n) is 18.9. The number of rotatable bonds is 11. The molecule has 0 N–H and O–H groups in total. The molecule has 0 aromatic heterocycles. The summed E-state index contributed by atoms with van der Waals surface area (Å²) in [6, 6.07) is 20.7. The predicted molar refractivity (Wildman–Crippen MR) is 190 cm³/mol. The first kappa shape index (κ1) is 32.6. The number of hydrogen-bond donors (Lipinski definition) is 0. The Balaban J connectivity index is 1.07. The maximum atomic E-state index is 14.6. The molecule has 9 unspecified atom stereocenters. The van der Waals surface area contributed by atoms with Gasteiger partial charge in [0.05, 0.1) is 0 Å². The molecule has 4 fully saturated rings. The Bertz CT molecular complexity index is 1210. The van der Waals surface area contributed by atoms with Gasteiger partial charge in [0, 0.05) is 16.8 Å². The summed E-state index contributed by atoms with van der Waals surface area (Å²) in [6.45, 7) is 12.9. The molecule has 0 spiro atoms. The van der Waals surface area contributed by atoms with Crippen molar-refractivity contribution in [3.8, 4) is 0 Å². The minimum Gasteiger partial charge on any atom is -0.314 e. The van der Waals surface area contributed by atoms with Gasteiger partial charge in [-0.15, -0.1) is 0 Å². The van der Waals surface area contributed by atoms with Gasteiger partial charge in [0.15, 0.2) is 0 Å². The first-order chi connectivity index (χ1) is 21.1. The van der Waals surface area contributed by atoms with E-state index in [2.05, 4.69) is 83.1 Å². The SMILES string of the molecule is CC(C)CCCC(C)C1CCC2C3CCC4CC(CCCP(=O)(c5ccccc5)c5ccccc5)CCC4(C)C3CCC12C. The second-order valence-corrected chi connectivity index (χ2v) is 20.1. The zero-order chi connectivity index (χ0) is 31.0. The van der Waals surface area contributed by atoms with E-state index in [1.807, 2.05) is 12.1 Å². The van der Waals surface area contributed by atoms with Gasteiger partial charge in [-0.2, -0.15) is 0 Å². The van der Waals surface area contributed by atoms with Crippen molar-refractivity contribution in [2.75, 3.05) is 6.16 Å². The zero-order valence-corrected chi connectivity index (χ0v) is 29.7. The molecule has 6 rings (SSSR count). The van der Waals surface area contributed by atoms with E-state index in [1.165, 1.54) is 83.5 Å². The molecule has 0 amide bonds. The third-order valence-electron chi connectivity index (χ3n) is 14.4. The molecule has 9 atom stereocenters. The van der Waals surface area contributed by atoms with Crippen LogP contribution in [0, 0.1) is 58.2 Å². The van der Waals surface area contributed by atoms with Gasteiger partial charge in [-0.25, -0.2) is 0 Å². The van der Waals surface area contributed by atoms with Crippen LogP contribution in [0.25, 0.3) is 0 Å². The smallest absolute Gasteiger partial charge is 0.143 e. The normalized spacial score (nSPS) is 36.0. The van der Waals surface area contributed by atoms with Crippen LogP contribution in [-0.4, -0.2) is 6.16 Å². The van der Waals surface area contributed by atoms with Gasteiger partial charge in [0.25, 0.3) is 0 Å². The van der Waals surface area contributed by atoms with Crippen molar-refractivity contribution in [1.82, 2.24) is 0 Å². The molecule has 242 valence electrons. The molecule has 4 saturated carbocycles. The number of benzene rings is 2. The maximum Gasteiger partial charge on any atom is 0.143 e. The fraction of sp³-hybridized carbons (Fsp3) is 0.714. The number of hydrogen-bond acceptors (Lipinski definition) is 1. The van der Waals surface area contributed by atoms with Crippen molar-refractivity contribution in [3.63, 3.8) is 0 Å². The van der Waals surface area contributed by atoms with E-state index in [4.69, 9.17) is 0 Å². The molecule has 0 aliphatic heterocycles. The highest BCUT2D eigenvalue weighted by atomic mass is 31.2. The van der Waals surface area contributed by atoms with E-state index < -0.39 is 7.14 Å².